The zero-order valence-electron chi connectivity index (χ0n) is 13.3. The molecule has 1 heterocycles. The molecule has 0 radical (unpaired) electrons. The van der Waals surface area contributed by atoms with E-state index in [4.69, 9.17) is 0 Å². The topological polar surface area (TPSA) is 82.2 Å². The number of amides is 1. The molecular formula is C18H22N2O3. The quantitative estimate of drug-likeness (QED) is 0.809. The van der Waals surface area contributed by atoms with Crippen LogP contribution in [0.4, 0.5) is 0 Å². The molecule has 1 fully saturated rings. The summed E-state index contributed by atoms with van der Waals surface area (Å²) < 4.78 is 0. The molecule has 3 N–H and O–H groups in total. The SMILES string of the molecule is CCC1CCC(NC(=O)c2ccc3[nH]ccc3c2)(C(=O)O)CC1. The molecule has 1 aliphatic rings. The Morgan fingerprint density at radius 1 is 1.30 bits per heavy atom. The van der Waals surface area contributed by atoms with Crippen LogP contribution in [0.25, 0.3) is 10.9 Å². The summed E-state index contributed by atoms with van der Waals surface area (Å²) in [6.45, 7) is 2.13. The summed E-state index contributed by atoms with van der Waals surface area (Å²) in [5.74, 6) is -0.677. The number of aromatic amines is 1. The van der Waals surface area contributed by atoms with Gasteiger partial charge in [0.05, 0.1) is 0 Å². The fourth-order valence-corrected chi connectivity index (χ4v) is 3.45. The molecule has 0 bridgehead atoms. The molecule has 122 valence electrons. The van der Waals surface area contributed by atoms with Gasteiger partial charge in [0.15, 0.2) is 0 Å². The molecule has 5 nitrogen and oxygen atoms in total. The molecule has 1 aromatic heterocycles. The average molecular weight is 314 g/mol. The van der Waals surface area contributed by atoms with Crippen LogP contribution in [-0.2, 0) is 4.79 Å². The molecule has 2 aromatic rings. The van der Waals surface area contributed by atoms with Gasteiger partial charge >= 0.3 is 5.97 Å². The molecule has 1 aromatic carbocycles. The van der Waals surface area contributed by atoms with Crippen LogP contribution in [0.2, 0.25) is 0 Å². The number of benzene rings is 1. The Morgan fingerprint density at radius 3 is 2.70 bits per heavy atom. The fourth-order valence-electron chi connectivity index (χ4n) is 3.45. The van der Waals surface area contributed by atoms with Crippen molar-refractivity contribution in [2.45, 2.75) is 44.6 Å². The van der Waals surface area contributed by atoms with Crippen LogP contribution >= 0.6 is 0 Å². The van der Waals surface area contributed by atoms with Gasteiger partial charge in [-0.3, -0.25) is 4.79 Å². The summed E-state index contributed by atoms with van der Waals surface area (Å²) >= 11 is 0. The predicted molar refractivity (Wildman–Crippen MR) is 88.4 cm³/mol. The van der Waals surface area contributed by atoms with E-state index >= 15 is 0 Å². The second kappa shape index (κ2) is 6.07. The van der Waals surface area contributed by atoms with Gasteiger partial charge in [-0.05, 0) is 55.9 Å². The Balaban J connectivity index is 1.79. The monoisotopic (exact) mass is 314 g/mol. The first kappa shape index (κ1) is 15.6. The van der Waals surface area contributed by atoms with Gasteiger partial charge in [0.1, 0.15) is 5.54 Å². The van der Waals surface area contributed by atoms with Gasteiger partial charge in [-0.2, -0.15) is 0 Å². The zero-order chi connectivity index (χ0) is 16.4. The van der Waals surface area contributed by atoms with Crippen molar-refractivity contribution in [2.24, 2.45) is 5.92 Å². The van der Waals surface area contributed by atoms with Crippen molar-refractivity contribution < 1.29 is 14.7 Å². The number of hydrogen-bond donors (Lipinski definition) is 3. The minimum absolute atomic E-state index is 0.314. The van der Waals surface area contributed by atoms with E-state index in [1.54, 1.807) is 12.1 Å². The van der Waals surface area contributed by atoms with Gasteiger partial charge in [-0.15, -0.1) is 0 Å². The number of rotatable bonds is 4. The van der Waals surface area contributed by atoms with Crippen LogP contribution in [0.15, 0.2) is 30.5 Å². The summed E-state index contributed by atoms with van der Waals surface area (Å²) in [7, 11) is 0. The van der Waals surface area contributed by atoms with E-state index in [9.17, 15) is 14.7 Å². The third-order valence-corrected chi connectivity index (χ3v) is 5.11. The highest BCUT2D eigenvalue weighted by molar-refractivity contribution is 6.00. The molecule has 5 heteroatoms. The highest BCUT2D eigenvalue weighted by Crippen LogP contribution is 2.34. The molecule has 0 spiro atoms. The number of carbonyl (C=O) groups excluding carboxylic acids is 1. The Kier molecular flexibility index (Phi) is 4.11. The van der Waals surface area contributed by atoms with E-state index in [1.165, 1.54) is 0 Å². The Labute approximate surface area is 135 Å². The number of H-pyrrole nitrogens is 1. The summed E-state index contributed by atoms with van der Waals surface area (Å²) in [6, 6.07) is 7.24. The lowest BCUT2D eigenvalue weighted by Gasteiger charge is -2.37. The van der Waals surface area contributed by atoms with Crippen LogP contribution < -0.4 is 5.32 Å². The number of hydrogen-bond acceptors (Lipinski definition) is 2. The van der Waals surface area contributed by atoms with Crippen molar-refractivity contribution in [3.05, 3.63) is 36.0 Å². The third-order valence-electron chi connectivity index (χ3n) is 5.11. The average Bonchev–Trinajstić information content (AvgIpc) is 3.02. The van der Waals surface area contributed by atoms with E-state index in [1.807, 2.05) is 18.3 Å². The zero-order valence-corrected chi connectivity index (χ0v) is 13.3. The molecule has 1 saturated carbocycles. The number of aliphatic carboxylic acids is 1. The Morgan fingerprint density at radius 2 is 2.04 bits per heavy atom. The standard InChI is InChI=1S/C18H22N2O3/c1-2-12-5-8-18(9-6-12,17(22)23)20-16(21)14-3-4-15-13(11-14)7-10-19-15/h3-4,7,10-12,19H,2,5-6,8-9H2,1H3,(H,20,21)(H,22,23). The minimum Gasteiger partial charge on any atom is -0.480 e. The van der Waals surface area contributed by atoms with Gasteiger partial charge in [0, 0.05) is 22.7 Å². The third kappa shape index (κ3) is 2.96. The smallest absolute Gasteiger partial charge is 0.329 e. The van der Waals surface area contributed by atoms with Crippen LogP contribution in [0.3, 0.4) is 0 Å². The lowest BCUT2D eigenvalue weighted by atomic mass is 9.75. The maximum Gasteiger partial charge on any atom is 0.329 e. The van der Waals surface area contributed by atoms with Crippen LogP contribution in [0, 0.1) is 5.92 Å². The fraction of sp³-hybridized carbons (Fsp3) is 0.444. The Hall–Kier alpha value is -2.30. The van der Waals surface area contributed by atoms with Crippen molar-refractivity contribution >= 4 is 22.8 Å². The summed E-state index contributed by atoms with van der Waals surface area (Å²) in [4.78, 5) is 27.4. The largest absolute Gasteiger partial charge is 0.480 e. The molecular weight excluding hydrogens is 292 g/mol. The first-order valence-electron chi connectivity index (χ1n) is 8.17. The minimum atomic E-state index is -1.13. The van der Waals surface area contributed by atoms with E-state index in [2.05, 4.69) is 17.2 Å². The summed E-state index contributed by atoms with van der Waals surface area (Å²) in [6.07, 6.45) is 5.57. The van der Waals surface area contributed by atoms with Crippen molar-refractivity contribution in [3.8, 4) is 0 Å². The van der Waals surface area contributed by atoms with Gasteiger partial charge < -0.3 is 15.4 Å². The second-order valence-electron chi connectivity index (χ2n) is 6.47. The predicted octanol–water partition coefficient (Wildman–Crippen LogP) is 3.32. The first-order chi connectivity index (χ1) is 11.0. The molecule has 1 aliphatic carbocycles. The molecule has 1 amide bonds. The first-order valence-corrected chi connectivity index (χ1v) is 8.17. The molecule has 0 aliphatic heterocycles. The Bertz CT molecular complexity index is 727. The number of aromatic nitrogens is 1. The molecule has 0 saturated heterocycles. The van der Waals surface area contributed by atoms with E-state index in [-0.39, 0.29) is 5.91 Å². The van der Waals surface area contributed by atoms with Crippen molar-refractivity contribution in [1.29, 1.82) is 0 Å². The molecule has 0 atom stereocenters. The maximum absolute atomic E-state index is 12.6. The summed E-state index contributed by atoms with van der Waals surface area (Å²) in [5.41, 5.74) is 0.323. The van der Waals surface area contributed by atoms with Gasteiger partial charge in [-0.25, -0.2) is 4.79 Å². The van der Waals surface area contributed by atoms with Crippen LogP contribution in [0.5, 0.6) is 0 Å². The lowest BCUT2D eigenvalue weighted by Crippen LogP contribution is -2.56. The highest BCUT2D eigenvalue weighted by atomic mass is 16.4. The van der Waals surface area contributed by atoms with Crippen LogP contribution in [-0.4, -0.2) is 27.5 Å². The van der Waals surface area contributed by atoms with Crippen molar-refractivity contribution in [1.82, 2.24) is 10.3 Å². The number of carboxylic acids is 1. The lowest BCUT2D eigenvalue weighted by molar-refractivity contribution is -0.146. The van der Waals surface area contributed by atoms with Crippen LogP contribution in [0.1, 0.15) is 49.4 Å². The second-order valence-corrected chi connectivity index (χ2v) is 6.47. The van der Waals surface area contributed by atoms with E-state index < -0.39 is 11.5 Å². The highest BCUT2D eigenvalue weighted by Gasteiger charge is 2.43. The van der Waals surface area contributed by atoms with Crippen molar-refractivity contribution in [2.75, 3.05) is 0 Å². The maximum atomic E-state index is 12.6. The summed E-state index contributed by atoms with van der Waals surface area (Å²) in [5, 5.41) is 13.4. The number of carboxylic acid groups (broad SMARTS) is 1. The molecule has 0 unspecified atom stereocenters. The van der Waals surface area contributed by atoms with E-state index in [0.29, 0.717) is 24.3 Å². The van der Waals surface area contributed by atoms with Crippen molar-refractivity contribution in [3.63, 3.8) is 0 Å². The number of fused-ring (bicyclic) bond motifs is 1. The molecule has 3 rings (SSSR count). The van der Waals surface area contributed by atoms with Gasteiger partial charge in [-0.1, -0.05) is 13.3 Å². The van der Waals surface area contributed by atoms with Gasteiger partial charge in [0.25, 0.3) is 5.91 Å². The molecule has 23 heavy (non-hydrogen) atoms. The normalized spacial score (nSPS) is 24.5. The number of carbonyl (C=O) groups is 2. The number of nitrogens with one attached hydrogen (secondary N) is 2. The van der Waals surface area contributed by atoms with E-state index in [0.717, 1.165) is 30.2 Å². The van der Waals surface area contributed by atoms with Gasteiger partial charge in [0.2, 0.25) is 0 Å².